The largest absolute Gasteiger partial charge is 0.478 e. The molecule has 0 saturated heterocycles. The maximum atomic E-state index is 11.3. The van der Waals surface area contributed by atoms with E-state index in [0.29, 0.717) is 11.9 Å². The first-order chi connectivity index (χ1) is 9.63. The molecule has 5 heteroatoms. The number of rotatable bonds is 3. The van der Waals surface area contributed by atoms with E-state index < -0.39 is 5.97 Å². The number of nitrogens with zero attached hydrogens (tertiary/aromatic N) is 1. The predicted octanol–water partition coefficient (Wildman–Crippen LogP) is 3.61. The van der Waals surface area contributed by atoms with E-state index in [4.69, 9.17) is 0 Å². The number of carboxylic acids is 1. The number of H-pyrrole nitrogens is 1. The van der Waals surface area contributed by atoms with E-state index in [2.05, 4.69) is 25.9 Å². The molecular weight excluding hydrogens is 320 g/mol. The van der Waals surface area contributed by atoms with Crippen LogP contribution in [0.3, 0.4) is 0 Å². The Kier molecular flexibility index (Phi) is 3.28. The number of aromatic nitrogens is 2. The smallest absolute Gasteiger partial charge is 0.338 e. The summed E-state index contributed by atoms with van der Waals surface area (Å²) in [5.41, 5.74) is 2.54. The van der Waals surface area contributed by atoms with Gasteiger partial charge in [-0.1, -0.05) is 46.3 Å². The number of aromatic carboxylic acids is 1. The fourth-order valence-corrected chi connectivity index (χ4v) is 2.63. The number of fused-ring (bicyclic) bond motifs is 1. The van der Waals surface area contributed by atoms with Crippen molar-refractivity contribution in [2.45, 2.75) is 6.42 Å². The van der Waals surface area contributed by atoms with Crippen LogP contribution >= 0.6 is 15.9 Å². The Morgan fingerprint density at radius 3 is 2.70 bits per heavy atom. The van der Waals surface area contributed by atoms with Crippen LogP contribution in [0.2, 0.25) is 0 Å². The molecule has 0 unspecified atom stereocenters. The summed E-state index contributed by atoms with van der Waals surface area (Å²) in [5.74, 6) is -0.221. The third-order valence-electron chi connectivity index (χ3n) is 3.05. The van der Waals surface area contributed by atoms with E-state index in [1.807, 2.05) is 36.4 Å². The van der Waals surface area contributed by atoms with E-state index in [-0.39, 0.29) is 5.56 Å². The van der Waals surface area contributed by atoms with Gasteiger partial charge in [-0.15, -0.1) is 0 Å². The van der Waals surface area contributed by atoms with Gasteiger partial charge in [0.1, 0.15) is 11.3 Å². The monoisotopic (exact) mass is 330 g/mol. The van der Waals surface area contributed by atoms with Gasteiger partial charge in [-0.2, -0.15) is 0 Å². The van der Waals surface area contributed by atoms with Gasteiger partial charge in [0.05, 0.1) is 11.1 Å². The van der Waals surface area contributed by atoms with Crippen molar-refractivity contribution in [3.05, 3.63) is 63.9 Å². The van der Waals surface area contributed by atoms with Gasteiger partial charge in [-0.3, -0.25) is 0 Å². The molecule has 0 fully saturated rings. The fourth-order valence-electron chi connectivity index (χ4n) is 2.17. The van der Waals surface area contributed by atoms with Gasteiger partial charge >= 0.3 is 5.97 Å². The van der Waals surface area contributed by atoms with Crippen molar-refractivity contribution in [2.24, 2.45) is 0 Å². The van der Waals surface area contributed by atoms with E-state index in [1.54, 1.807) is 6.07 Å². The third kappa shape index (κ3) is 2.44. The number of hydrogen-bond donors (Lipinski definition) is 2. The van der Waals surface area contributed by atoms with E-state index in [9.17, 15) is 9.90 Å². The van der Waals surface area contributed by atoms with Crippen LogP contribution in [-0.4, -0.2) is 21.0 Å². The second-order valence-corrected chi connectivity index (χ2v) is 5.42. The number of imidazole rings is 1. The van der Waals surface area contributed by atoms with Crippen LogP contribution in [0.5, 0.6) is 0 Å². The van der Waals surface area contributed by atoms with E-state index in [0.717, 1.165) is 21.4 Å². The predicted molar refractivity (Wildman–Crippen MR) is 80.0 cm³/mol. The highest BCUT2D eigenvalue weighted by molar-refractivity contribution is 9.10. The summed E-state index contributed by atoms with van der Waals surface area (Å²) < 4.78 is 0.720. The highest BCUT2D eigenvalue weighted by atomic mass is 79.9. The number of benzene rings is 2. The number of aromatic amines is 1. The van der Waals surface area contributed by atoms with Crippen molar-refractivity contribution >= 4 is 32.9 Å². The summed E-state index contributed by atoms with van der Waals surface area (Å²) in [6, 6.07) is 13.3. The van der Waals surface area contributed by atoms with Crippen LogP contribution in [0, 0.1) is 0 Å². The van der Waals surface area contributed by atoms with Crippen molar-refractivity contribution in [1.29, 1.82) is 0 Å². The summed E-state index contributed by atoms with van der Waals surface area (Å²) in [6.45, 7) is 0. The highest BCUT2D eigenvalue weighted by Gasteiger charge is 2.14. The minimum Gasteiger partial charge on any atom is -0.478 e. The molecule has 1 heterocycles. The molecule has 3 aromatic rings. The van der Waals surface area contributed by atoms with Gasteiger partial charge in [0.15, 0.2) is 0 Å². The average molecular weight is 331 g/mol. The van der Waals surface area contributed by atoms with Gasteiger partial charge in [-0.25, -0.2) is 9.78 Å². The second-order valence-electron chi connectivity index (χ2n) is 4.50. The Hall–Kier alpha value is -2.14. The van der Waals surface area contributed by atoms with Crippen LogP contribution in [-0.2, 0) is 6.42 Å². The fraction of sp³-hybridized carbons (Fsp3) is 0.0667. The Morgan fingerprint density at radius 2 is 2.00 bits per heavy atom. The normalized spacial score (nSPS) is 10.8. The maximum absolute atomic E-state index is 11.3. The Bertz CT molecular complexity index is 781. The molecule has 0 spiro atoms. The van der Waals surface area contributed by atoms with Crippen molar-refractivity contribution in [1.82, 2.24) is 9.97 Å². The average Bonchev–Trinajstić information content (AvgIpc) is 2.80. The van der Waals surface area contributed by atoms with Crippen molar-refractivity contribution in [2.75, 3.05) is 0 Å². The second kappa shape index (κ2) is 5.09. The molecule has 0 aliphatic carbocycles. The number of carbonyl (C=O) groups is 1. The lowest BCUT2D eigenvalue weighted by atomic mass is 10.1. The molecule has 0 amide bonds. The molecule has 20 heavy (non-hydrogen) atoms. The lowest BCUT2D eigenvalue weighted by molar-refractivity contribution is 0.0699. The summed E-state index contributed by atoms with van der Waals surface area (Å²) in [4.78, 5) is 18.8. The summed E-state index contributed by atoms with van der Waals surface area (Å²) in [5, 5.41) is 9.23. The highest BCUT2D eigenvalue weighted by Crippen LogP contribution is 2.23. The maximum Gasteiger partial charge on any atom is 0.338 e. The lowest BCUT2D eigenvalue weighted by Crippen LogP contribution is -1.97. The van der Waals surface area contributed by atoms with Crippen LogP contribution in [0.15, 0.2) is 46.9 Å². The summed E-state index contributed by atoms with van der Waals surface area (Å²) in [6.07, 6.45) is 0.645. The minimum absolute atomic E-state index is 0.199. The number of nitrogens with one attached hydrogen (secondary N) is 1. The zero-order chi connectivity index (χ0) is 14.1. The van der Waals surface area contributed by atoms with Crippen molar-refractivity contribution in [3.63, 3.8) is 0 Å². The zero-order valence-electron chi connectivity index (χ0n) is 10.4. The Balaban J connectivity index is 2.06. The third-order valence-corrected chi connectivity index (χ3v) is 3.50. The first kappa shape index (κ1) is 12.9. The molecule has 0 atom stereocenters. The molecule has 3 rings (SSSR count). The van der Waals surface area contributed by atoms with Crippen molar-refractivity contribution in [3.8, 4) is 0 Å². The lowest BCUT2D eigenvalue weighted by Gasteiger charge is -1.96. The quantitative estimate of drug-likeness (QED) is 0.770. The molecule has 4 nitrogen and oxygen atoms in total. The number of hydrogen-bond acceptors (Lipinski definition) is 2. The van der Waals surface area contributed by atoms with Gasteiger partial charge < -0.3 is 10.1 Å². The molecule has 2 N–H and O–H groups in total. The first-order valence-corrected chi connectivity index (χ1v) is 6.88. The minimum atomic E-state index is -0.978. The molecule has 0 aliphatic rings. The Morgan fingerprint density at radius 1 is 1.25 bits per heavy atom. The molecular formula is C15H11BrN2O2. The molecule has 100 valence electrons. The molecule has 1 aromatic heterocycles. The van der Waals surface area contributed by atoms with E-state index in [1.165, 1.54) is 0 Å². The Labute approximate surface area is 123 Å². The molecule has 0 aliphatic heterocycles. The van der Waals surface area contributed by atoms with E-state index >= 15 is 0 Å². The topological polar surface area (TPSA) is 66.0 Å². The van der Waals surface area contributed by atoms with Crippen molar-refractivity contribution < 1.29 is 9.90 Å². The number of carboxylic acid groups (broad SMARTS) is 1. The SMILES string of the molecule is O=C(O)c1cc(Br)cc2[nH]c(Cc3ccccc3)nc12. The molecule has 0 radical (unpaired) electrons. The van der Waals surface area contributed by atoms with Crippen LogP contribution < -0.4 is 0 Å². The molecule has 2 aromatic carbocycles. The summed E-state index contributed by atoms with van der Waals surface area (Å²) >= 11 is 3.32. The van der Waals surface area contributed by atoms with Gasteiger partial charge in [0, 0.05) is 10.9 Å². The van der Waals surface area contributed by atoms with Gasteiger partial charge in [0.2, 0.25) is 0 Å². The standard InChI is InChI=1S/C15H11BrN2O2/c16-10-7-11(15(19)20)14-12(8-10)17-13(18-14)6-9-4-2-1-3-5-9/h1-5,7-8H,6H2,(H,17,18)(H,19,20). The van der Waals surface area contributed by atoms with Gasteiger partial charge in [0.25, 0.3) is 0 Å². The number of halogens is 1. The molecule has 0 bridgehead atoms. The zero-order valence-corrected chi connectivity index (χ0v) is 12.0. The first-order valence-electron chi connectivity index (χ1n) is 6.09. The van der Waals surface area contributed by atoms with Crippen LogP contribution in [0.25, 0.3) is 11.0 Å². The molecule has 0 saturated carbocycles. The summed E-state index contributed by atoms with van der Waals surface area (Å²) in [7, 11) is 0. The van der Waals surface area contributed by atoms with Gasteiger partial charge in [-0.05, 0) is 17.7 Å². The van der Waals surface area contributed by atoms with Crippen LogP contribution in [0.4, 0.5) is 0 Å². The van der Waals surface area contributed by atoms with Crippen LogP contribution in [0.1, 0.15) is 21.7 Å².